The quantitative estimate of drug-likeness (QED) is 0.0261. The molecular weight excluding hydrogens is 889 g/mol. The summed E-state index contributed by atoms with van der Waals surface area (Å²) in [5, 5.41) is 0. The van der Waals surface area contributed by atoms with E-state index in [-0.39, 0.29) is 31.1 Å². The molecule has 0 fully saturated rings. The number of ether oxygens (including phenoxy) is 3. The van der Waals surface area contributed by atoms with E-state index in [1.54, 1.807) is 0 Å². The summed E-state index contributed by atoms with van der Waals surface area (Å²) in [6.45, 7) is 6.44. The highest BCUT2D eigenvalue weighted by atomic mass is 16.6. The van der Waals surface area contributed by atoms with E-state index < -0.39 is 6.10 Å². The molecule has 0 saturated carbocycles. The Morgan fingerprint density at radius 2 is 0.542 bits per heavy atom. The zero-order valence-corrected chi connectivity index (χ0v) is 47.7. The maximum Gasteiger partial charge on any atom is 0.306 e. The van der Waals surface area contributed by atoms with Crippen LogP contribution in [0.25, 0.3) is 0 Å². The van der Waals surface area contributed by atoms with Crippen LogP contribution in [-0.2, 0) is 28.6 Å². The molecule has 0 heterocycles. The monoisotopic (exact) mass is 1000 g/mol. The van der Waals surface area contributed by atoms with Crippen molar-refractivity contribution in [3.05, 3.63) is 72.9 Å². The third-order valence-electron chi connectivity index (χ3n) is 13.4. The lowest BCUT2D eigenvalue weighted by molar-refractivity contribution is -0.167. The minimum absolute atomic E-state index is 0.0775. The molecule has 0 bridgehead atoms. The molecule has 6 nitrogen and oxygen atoms in total. The molecule has 0 aliphatic rings. The van der Waals surface area contributed by atoms with Gasteiger partial charge >= 0.3 is 17.9 Å². The van der Waals surface area contributed by atoms with Crippen LogP contribution >= 0.6 is 0 Å². The molecule has 0 amide bonds. The van der Waals surface area contributed by atoms with Crippen molar-refractivity contribution in [1.82, 2.24) is 0 Å². The van der Waals surface area contributed by atoms with Gasteiger partial charge in [0, 0.05) is 19.3 Å². The fourth-order valence-corrected chi connectivity index (χ4v) is 8.82. The zero-order valence-electron chi connectivity index (χ0n) is 47.7. The molecule has 0 radical (unpaired) electrons. The van der Waals surface area contributed by atoms with Crippen LogP contribution in [0, 0.1) is 0 Å². The van der Waals surface area contributed by atoms with Crippen molar-refractivity contribution in [1.29, 1.82) is 0 Å². The largest absolute Gasteiger partial charge is 0.462 e. The normalized spacial score (nSPS) is 12.5. The summed E-state index contributed by atoms with van der Waals surface area (Å²) < 4.78 is 16.7. The van der Waals surface area contributed by atoms with E-state index in [1.165, 1.54) is 154 Å². The Balaban J connectivity index is 3.93. The van der Waals surface area contributed by atoms with Crippen LogP contribution < -0.4 is 0 Å². The predicted octanol–water partition coefficient (Wildman–Crippen LogP) is 20.9. The Morgan fingerprint density at radius 1 is 0.292 bits per heavy atom. The summed E-state index contributed by atoms with van der Waals surface area (Å²) in [5.41, 5.74) is 0. The molecule has 0 aromatic rings. The van der Waals surface area contributed by atoms with Crippen LogP contribution in [0.3, 0.4) is 0 Å². The number of carbonyl (C=O) groups is 3. The summed E-state index contributed by atoms with van der Waals surface area (Å²) in [5.74, 6) is -0.894. The van der Waals surface area contributed by atoms with E-state index in [9.17, 15) is 14.4 Å². The first kappa shape index (κ1) is 68.8. The van der Waals surface area contributed by atoms with Crippen molar-refractivity contribution < 1.29 is 28.6 Å². The topological polar surface area (TPSA) is 78.9 Å². The van der Waals surface area contributed by atoms with E-state index in [2.05, 4.69) is 93.7 Å². The molecule has 1 atom stereocenters. The first-order chi connectivity index (χ1) is 35.5. The molecule has 0 spiro atoms. The molecule has 6 heteroatoms. The number of esters is 3. The van der Waals surface area contributed by atoms with Crippen molar-refractivity contribution in [2.75, 3.05) is 13.2 Å². The Hall–Kier alpha value is -3.15. The third kappa shape index (κ3) is 57.7. The highest BCUT2D eigenvalue weighted by Gasteiger charge is 2.19. The molecule has 0 aliphatic carbocycles. The van der Waals surface area contributed by atoms with Gasteiger partial charge in [-0.05, 0) is 89.9 Å². The van der Waals surface area contributed by atoms with Crippen LogP contribution in [-0.4, -0.2) is 37.2 Å². The van der Waals surface area contributed by atoms with Crippen LogP contribution in [0.5, 0.6) is 0 Å². The van der Waals surface area contributed by atoms with Gasteiger partial charge in [-0.3, -0.25) is 14.4 Å². The molecule has 416 valence electrons. The molecule has 72 heavy (non-hydrogen) atoms. The SMILES string of the molecule is CC/C=C\C/C=C\C/C=C\C/C=C\CCCCCCCCCCCCCCCCCCCCCCC(=O)OCC(COC(=O)CCCCCCC)OC(=O)CCCCCCC/C=C\C/C=C\CCCCCC. The van der Waals surface area contributed by atoms with Crippen molar-refractivity contribution in [2.24, 2.45) is 0 Å². The van der Waals surface area contributed by atoms with Crippen molar-refractivity contribution >= 4 is 17.9 Å². The van der Waals surface area contributed by atoms with Gasteiger partial charge in [-0.2, -0.15) is 0 Å². The molecule has 0 N–H and O–H groups in total. The van der Waals surface area contributed by atoms with Crippen molar-refractivity contribution in [3.8, 4) is 0 Å². The smallest absolute Gasteiger partial charge is 0.306 e. The lowest BCUT2D eigenvalue weighted by atomic mass is 10.0. The van der Waals surface area contributed by atoms with Crippen molar-refractivity contribution in [3.63, 3.8) is 0 Å². The summed E-state index contributed by atoms with van der Waals surface area (Å²) >= 11 is 0. The molecule has 0 aliphatic heterocycles. The minimum Gasteiger partial charge on any atom is -0.462 e. The second kappa shape index (κ2) is 60.4. The van der Waals surface area contributed by atoms with Crippen LogP contribution in [0.1, 0.15) is 310 Å². The van der Waals surface area contributed by atoms with Gasteiger partial charge in [0.2, 0.25) is 0 Å². The summed E-state index contributed by atoms with van der Waals surface area (Å²) in [4.78, 5) is 37.8. The molecular formula is C66H116O6. The highest BCUT2D eigenvalue weighted by Crippen LogP contribution is 2.17. The third-order valence-corrected chi connectivity index (χ3v) is 13.4. The van der Waals surface area contributed by atoms with E-state index in [1.807, 2.05) is 0 Å². The van der Waals surface area contributed by atoms with Crippen molar-refractivity contribution in [2.45, 2.75) is 316 Å². The summed E-state index contributed by atoms with van der Waals surface area (Å²) in [6, 6.07) is 0. The van der Waals surface area contributed by atoms with E-state index in [0.29, 0.717) is 19.3 Å². The number of hydrogen-bond donors (Lipinski definition) is 0. The maximum atomic E-state index is 12.8. The van der Waals surface area contributed by atoms with Gasteiger partial charge in [0.05, 0.1) is 0 Å². The molecule has 0 saturated heterocycles. The Kier molecular flexibility index (Phi) is 57.8. The second-order valence-electron chi connectivity index (χ2n) is 20.6. The number of hydrogen-bond acceptors (Lipinski definition) is 6. The lowest BCUT2D eigenvalue weighted by Gasteiger charge is -2.18. The average molecular weight is 1010 g/mol. The first-order valence-electron chi connectivity index (χ1n) is 30.9. The lowest BCUT2D eigenvalue weighted by Crippen LogP contribution is -2.30. The summed E-state index contributed by atoms with van der Waals surface area (Å²) in [7, 11) is 0. The predicted molar refractivity (Wildman–Crippen MR) is 311 cm³/mol. The van der Waals surface area contributed by atoms with Crippen LogP contribution in [0.2, 0.25) is 0 Å². The Morgan fingerprint density at radius 3 is 0.861 bits per heavy atom. The average Bonchev–Trinajstić information content (AvgIpc) is 3.38. The zero-order chi connectivity index (χ0) is 52.2. The van der Waals surface area contributed by atoms with Gasteiger partial charge < -0.3 is 14.2 Å². The van der Waals surface area contributed by atoms with Gasteiger partial charge in [0.1, 0.15) is 13.2 Å². The molecule has 0 rings (SSSR count). The molecule has 0 aromatic heterocycles. The number of allylic oxidation sites excluding steroid dienone is 12. The van der Waals surface area contributed by atoms with Gasteiger partial charge in [0.25, 0.3) is 0 Å². The fraction of sp³-hybridized carbons (Fsp3) is 0.773. The molecule has 0 aromatic carbocycles. The van der Waals surface area contributed by atoms with Gasteiger partial charge in [-0.15, -0.1) is 0 Å². The number of rotatable bonds is 56. The fourth-order valence-electron chi connectivity index (χ4n) is 8.82. The van der Waals surface area contributed by atoms with Crippen LogP contribution in [0.4, 0.5) is 0 Å². The van der Waals surface area contributed by atoms with Gasteiger partial charge in [-0.25, -0.2) is 0 Å². The van der Waals surface area contributed by atoms with E-state index in [4.69, 9.17) is 14.2 Å². The minimum atomic E-state index is -0.776. The number of unbranched alkanes of at least 4 members (excludes halogenated alkanes) is 33. The standard InChI is InChI=1S/C66H116O6/c1-4-7-10-13-15-17-19-21-23-25-26-27-28-29-30-31-32-33-34-35-36-37-38-39-40-41-43-44-46-48-50-53-56-59-65(68)71-62-63(61-70-64(67)58-55-52-12-9-6-3)72-66(69)60-57-54-51-49-47-45-42-24-22-20-18-16-14-11-8-5-2/h7,10,15,17-18,20-21,23-24,26-27,42,63H,4-6,8-9,11-14,16,19,22,25,28-41,43-62H2,1-3H3/b10-7-,17-15-,20-18-,23-21-,27-26-,42-24-. The van der Waals surface area contributed by atoms with Gasteiger partial charge in [0.15, 0.2) is 6.10 Å². The first-order valence-corrected chi connectivity index (χ1v) is 30.9. The Labute approximate surface area is 446 Å². The Bertz CT molecular complexity index is 1340. The van der Waals surface area contributed by atoms with Gasteiger partial charge in [-0.1, -0.05) is 273 Å². The second-order valence-corrected chi connectivity index (χ2v) is 20.6. The van der Waals surface area contributed by atoms with E-state index >= 15 is 0 Å². The summed E-state index contributed by atoms with van der Waals surface area (Å²) in [6.07, 6.45) is 78.3. The number of carbonyl (C=O) groups excluding carboxylic acids is 3. The molecule has 1 unspecified atom stereocenters. The van der Waals surface area contributed by atoms with E-state index in [0.717, 1.165) is 116 Å². The van der Waals surface area contributed by atoms with Crippen LogP contribution in [0.15, 0.2) is 72.9 Å². The highest BCUT2D eigenvalue weighted by molar-refractivity contribution is 5.71. The maximum absolute atomic E-state index is 12.8.